The number of likely N-dealkylation sites (N-methyl/N-ethyl adjacent to an activating group) is 1. The molecule has 3 aromatic rings. The average Bonchev–Trinajstić information content (AvgIpc) is 2.67. The van der Waals surface area contributed by atoms with Gasteiger partial charge in [-0.3, -0.25) is 0 Å². The maximum atomic E-state index is 6.18. The highest BCUT2D eigenvalue weighted by molar-refractivity contribution is 6.31. The van der Waals surface area contributed by atoms with Crippen LogP contribution in [0, 0.1) is 0 Å². The molecule has 6 nitrogen and oxygen atoms in total. The average molecular weight is 372 g/mol. The van der Waals surface area contributed by atoms with E-state index in [0.29, 0.717) is 10.9 Å². The summed E-state index contributed by atoms with van der Waals surface area (Å²) in [5.74, 6) is 0.575. The molecule has 0 spiro atoms. The van der Waals surface area contributed by atoms with Crippen molar-refractivity contribution in [1.82, 2.24) is 19.9 Å². The highest BCUT2D eigenvalue weighted by atomic mass is 35.5. The predicted molar refractivity (Wildman–Crippen MR) is 106 cm³/mol. The third kappa shape index (κ3) is 3.28. The minimum atomic E-state index is 0.575. The standard InChI is InChI=1S/C19H22ClN5O/c1-3-24-8-10-25(11-9-24)23-18-14-5-4-13(20)12-16(14)21-15-6-7-17(26-2)22-19(15)18/h4-7,12H,3,8-11H2,1-2H3,(H,21,23). The quantitative estimate of drug-likeness (QED) is 0.709. The van der Waals surface area contributed by atoms with Crippen molar-refractivity contribution in [2.75, 3.05) is 45.3 Å². The molecule has 0 unspecified atom stereocenters. The second kappa shape index (κ2) is 7.23. The van der Waals surface area contributed by atoms with Crippen LogP contribution in [0.25, 0.3) is 21.9 Å². The Morgan fingerprint density at radius 1 is 1.08 bits per heavy atom. The number of hydrogen-bond acceptors (Lipinski definition) is 6. The first-order valence-electron chi connectivity index (χ1n) is 8.86. The molecule has 0 bridgehead atoms. The van der Waals surface area contributed by atoms with E-state index in [2.05, 4.69) is 27.2 Å². The molecule has 1 aromatic carbocycles. The van der Waals surface area contributed by atoms with Crippen LogP contribution in [-0.4, -0.2) is 59.7 Å². The molecule has 0 amide bonds. The van der Waals surface area contributed by atoms with E-state index in [1.165, 1.54) is 0 Å². The summed E-state index contributed by atoms with van der Waals surface area (Å²) in [6.45, 7) is 7.30. The molecule has 2 aromatic heterocycles. The van der Waals surface area contributed by atoms with Crippen LogP contribution in [0.3, 0.4) is 0 Å². The number of aromatic nitrogens is 2. The van der Waals surface area contributed by atoms with Gasteiger partial charge in [0.2, 0.25) is 5.88 Å². The zero-order valence-electron chi connectivity index (χ0n) is 15.0. The topological polar surface area (TPSA) is 53.5 Å². The molecule has 0 radical (unpaired) electrons. The largest absolute Gasteiger partial charge is 0.481 e. The molecule has 7 heteroatoms. The number of ether oxygens (including phenoxy) is 1. The fraction of sp³-hybridized carbons (Fsp3) is 0.368. The SMILES string of the molecule is CCN1CCN(Nc2c3ccc(Cl)cc3nc3ccc(OC)nc23)CC1. The summed E-state index contributed by atoms with van der Waals surface area (Å²) in [6.07, 6.45) is 0. The lowest BCUT2D eigenvalue weighted by molar-refractivity contribution is 0.159. The maximum Gasteiger partial charge on any atom is 0.213 e. The van der Waals surface area contributed by atoms with Gasteiger partial charge in [-0.05, 0) is 30.8 Å². The molecule has 4 rings (SSSR count). The van der Waals surface area contributed by atoms with Crippen molar-refractivity contribution >= 4 is 39.2 Å². The lowest BCUT2D eigenvalue weighted by Crippen LogP contribution is -2.48. The van der Waals surface area contributed by atoms with E-state index in [0.717, 1.165) is 60.3 Å². The van der Waals surface area contributed by atoms with Crippen molar-refractivity contribution in [3.05, 3.63) is 35.4 Å². The number of hydrogen-bond donors (Lipinski definition) is 1. The molecular formula is C19H22ClN5O. The number of rotatable bonds is 4. The third-order valence-corrected chi connectivity index (χ3v) is 5.09. The number of nitrogens with zero attached hydrogens (tertiary/aromatic N) is 4. The van der Waals surface area contributed by atoms with Gasteiger partial charge in [-0.25, -0.2) is 15.0 Å². The summed E-state index contributed by atoms with van der Waals surface area (Å²) in [5, 5.41) is 3.92. The Morgan fingerprint density at radius 3 is 2.62 bits per heavy atom. The molecule has 1 fully saturated rings. The molecular weight excluding hydrogens is 350 g/mol. The minimum Gasteiger partial charge on any atom is -0.481 e. The van der Waals surface area contributed by atoms with Crippen molar-refractivity contribution in [2.45, 2.75) is 6.92 Å². The number of benzene rings is 1. The normalized spacial score (nSPS) is 16.3. The Morgan fingerprint density at radius 2 is 1.88 bits per heavy atom. The van der Waals surface area contributed by atoms with E-state index in [9.17, 15) is 0 Å². The van der Waals surface area contributed by atoms with Crippen molar-refractivity contribution in [2.24, 2.45) is 0 Å². The van der Waals surface area contributed by atoms with E-state index in [4.69, 9.17) is 21.3 Å². The van der Waals surface area contributed by atoms with E-state index < -0.39 is 0 Å². The Kier molecular flexibility index (Phi) is 4.80. The van der Waals surface area contributed by atoms with E-state index >= 15 is 0 Å². The Balaban J connectivity index is 1.80. The van der Waals surface area contributed by atoms with Crippen LogP contribution in [-0.2, 0) is 0 Å². The number of fused-ring (bicyclic) bond motifs is 2. The second-order valence-corrected chi connectivity index (χ2v) is 6.84. The van der Waals surface area contributed by atoms with E-state index in [-0.39, 0.29) is 0 Å². The van der Waals surface area contributed by atoms with Gasteiger partial charge in [-0.1, -0.05) is 18.5 Å². The summed E-state index contributed by atoms with van der Waals surface area (Å²) >= 11 is 6.18. The number of anilines is 1. The highest BCUT2D eigenvalue weighted by Gasteiger charge is 2.19. The first-order valence-corrected chi connectivity index (χ1v) is 9.23. The van der Waals surface area contributed by atoms with Gasteiger partial charge >= 0.3 is 0 Å². The van der Waals surface area contributed by atoms with Crippen LogP contribution in [0.1, 0.15) is 6.92 Å². The minimum absolute atomic E-state index is 0.575. The summed E-state index contributed by atoms with van der Waals surface area (Å²) in [5.41, 5.74) is 7.01. The van der Waals surface area contributed by atoms with Gasteiger partial charge in [0.25, 0.3) is 0 Å². The fourth-order valence-electron chi connectivity index (χ4n) is 3.33. The van der Waals surface area contributed by atoms with Gasteiger partial charge in [-0.2, -0.15) is 0 Å². The van der Waals surface area contributed by atoms with E-state index in [1.54, 1.807) is 7.11 Å². The Labute approximate surface area is 157 Å². The van der Waals surface area contributed by atoms with Crippen LogP contribution < -0.4 is 10.2 Å². The molecule has 1 saturated heterocycles. The second-order valence-electron chi connectivity index (χ2n) is 6.40. The molecule has 1 aliphatic rings. The van der Waals surface area contributed by atoms with Gasteiger partial charge in [0, 0.05) is 42.7 Å². The summed E-state index contributed by atoms with van der Waals surface area (Å²) in [6, 6.07) is 9.53. The van der Waals surface area contributed by atoms with Crippen LogP contribution in [0.2, 0.25) is 5.02 Å². The summed E-state index contributed by atoms with van der Waals surface area (Å²) in [4.78, 5) is 11.8. The number of nitrogens with one attached hydrogen (secondary N) is 1. The van der Waals surface area contributed by atoms with Crippen LogP contribution in [0.5, 0.6) is 5.88 Å². The summed E-state index contributed by atoms with van der Waals surface area (Å²) < 4.78 is 5.32. The van der Waals surface area contributed by atoms with Gasteiger partial charge < -0.3 is 15.1 Å². The first kappa shape index (κ1) is 17.3. The first-order chi connectivity index (χ1) is 12.7. The van der Waals surface area contributed by atoms with Gasteiger partial charge in [0.1, 0.15) is 5.52 Å². The van der Waals surface area contributed by atoms with Crippen molar-refractivity contribution in [3.63, 3.8) is 0 Å². The smallest absolute Gasteiger partial charge is 0.213 e. The van der Waals surface area contributed by atoms with Crippen LogP contribution in [0.4, 0.5) is 5.69 Å². The zero-order valence-corrected chi connectivity index (χ0v) is 15.8. The number of halogens is 1. The fourth-order valence-corrected chi connectivity index (χ4v) is 3.50. The van der Waals surface area contributed by atoms with Gasteiger partial charge in [0.15, 0.2) is 0 Å². The number of pyridine rings is 2. The predicted octanol–water partition coefficient (Wildman–Crippen LogP) is 3.41. The molecule has 0 atom stereocenters. The highest BCUT2D eigenvalue weighted by Crippen LogP contribution is 2.32. The Hall–Kier alpha value is -2.15. The molecule has 136 valence electrons. The van der Waals surface area contributed by atoms with Gasteiger partial charge in [-0.15, -0.1) is 0 Å². The maximum absolute atomic E-state index is 6.18. The van der Waals surface area contributed by atoms with Crippen molar-refractivity contribution in [3.8, 4) is 5.88 Å². The van der Waals surface area contributed by atoms with Crippen LogP contribution in [0.15, 0.2) is 30.3 Å². The molecule has 3 heterocycles. The molecule has 0 saturated carbocycles. The zero-order chi connectivity index (χ0) is 18.1. The lowest BCUT2D eigenvalue weighted by Gasteiger charge is -2.35. The summed E-state index contributed by atoms with van der Waals surface area (Å²) in [7, 11) is 1.62. The third-order valence-electron chi connectivity index (χ3n) is 4.85. The molecule has 1 N–H and O–H groups in total. The van der Waals surface area contributed by atoms with Crippen LogP contribution >= 0.6 is 11.6 Å². The van der Waals surface area contributed by atoms with Crippen molar-refractivity contribution in [1.29, 1.82) is 0 Å². The molecule has 26 heavy (non-hydrogen) atoms. The number of hydrazine groups is 1. The van der Waals surface area contributed by atoms with Gasteiger partial charge in [0.05, 0.1) is 23.8 Å². The monoisotopic (exact) mass is 371 g/mol. The Bertz CT molecular complexity index is 940. The van der Waals surface area contributed by atoms with E-state index in [1.807, 2.05) is 30.3 Å². The lowest BCUT2D eigenvalue weighted by atomic mass is 10.1. The van der Waals surface area contributed by atoms with Crippen molar-refractivity contribution < 1.29 is 4.74 Å². The molecule has 0 aliphatic carbocycles. The number of methoxy groups -OCH3 is 1. The molecule has 1 aliphatic heterocycles. The number of piperazine rings is 1.